The van der Waals surface area contributed by atoms with Gasteiger partial charge in [-0.25, -0.2) is 0 Å². The van der Waals surface area contributed by atoms with E-state index in [0.717, 1.165) is 61.7 Å². The van der Waals surface area contributed by atoms with Gasteiger partial charge < -0.3 is 9.42 Å². The molecule has 0 aliphatic carbocycles. The van der Waals surface area contributed by atoms with E-state index in [1.165, 1.54) is 0 Å². The third kappa shape index (κ3) is 3.38. The Kier molecular flexibility index (Phi) is 4.53. The summed E-state index contributed by atoms with van der Waals surface area (Å²) in [7, 11) is 0. The van der Waals surface area contributed by atoms with Gasteiger partial charge in [0.15, 0.2) is 0 Å². The lowest BCUT2D eigenvalue weighted by Crippen LogP contribution is -2.41. The van der Waals surface area contributed by atoms with Crippen LogP contribution < -0.4 is 0 Å². The number of hydrogen-bond donors (Lipinski definition) is 0. The average Bonchev–Trinajstić information content (AvgIpc) is 3.12. The molecular formula is C20H26N4O2. The number of carbonyl (C=O) groups excluding carboxylic acids is 1. The molecule has 2 aliphatic rings. The molecule has 2 saturated heterocycles. The standard InChI is InChI=1S/C20H26N4O2/c1-15-18(16(2)26-22-15)13-24-14-20(11-19(24)25)6-9-23(10-7-20)12-17-5-3-4-8-21-17/h3-5,8H,6-7,9-14H2,1-2H3. The van der Waals surface area contributed by atoms with Crippen LogP contribution >= 0.6 is 0 Å². The van der Waals surface area contributed by atoms with E-state index in [1.807, 2.05) is 37.1 Å². The van der Waals surface area contributed by atoms with E-state index in [-0.39, 0.29) is 11.3 Å². The molecule has 2 fully saturated rings. The molecule has 6 heteroatoms. The van der Waals surface area contributed by atoms with Gasteiger partial charge in [-0.05, 0) is 57.3 Å². The predicted molar refractivity (Wildman–Crippen MR) is 97.2 cm³/mol. The van der Waals surface area contributed by atoms with Crippen LogP contribution in [0.4, 0.5) is 0 Å². The Hall–Kier alpha value is -2.21. The Bertz CT molecular complexity index is 759. The monoisotopic (exact) mass is 354 g/mol. The predicted octanol–water partition coefficient (Wildman–Crippen LogP) is 2.70. The van der Waals surface area contributed by atoms with E-state index in [2.05, 4.69) is 21.1 Å². The largest absolute Gasteiger partial charge is 0.361 e. The highest BCUT2D eigenvalue weighted by molar-refractivity contribution is 5.79. The molecule has 2 aliphatic heterocycles. The number of hydrogen-bond acceptors (Lipinski definition) is 5. The minimum atomic E-state index is 0.136. The molecule has 2 aromatic heterocycles. The van der Waals surface area contributed by atoms with Gasteiger partial charge in [0.1, 0.15) is 5.76 Å². The van der Waals surface area contributed by atoms with Crippen LogP contribution in [0.2, 0.25) is 0 Å². The fourth-order valence-corrected chi connectivity index (χ4v) is 4.29. The summed E-state index contributed by atoms with van der Waals surface area (Å²) in [5, 5.41) is 4.01. The van der Waals surface area contributed by atoms with Gasteiger partial charge in [0.2, 0.25) is 5.91 Å². The van der Waals surface area contributed by atoms with Crippen molar-refractivity contribution in [1.29, 1.82) is 0 Å². The molecular weight excluding hydrogens is 328 g/mol. The Labute approximate surface area is 154 Å². The minimum absolute atomic E-state index is 0.136. The molecule has 0 saturated carbocycles. The Morgan fingerprint density at radius 1 is 1.19 bits per heavy atom. The number of likely N-dealkylation sites (tertiary alicyclic amines) is 2. The second-order valence-electron chi connectivity index (χ2n) is 7.83. The lowest BCUT2D eigenvalue weighted by atomic mass is 9.77. The van der Waals surface area contributed by atoms with Crippen LogP contribution in [0.15, 0.2) is 28.9 Å². The van der Waals surface area contributed by atoms with Crippen molar-refractivity contribution < 1.29 is 9.32 Å². The van der Waals surface area contributed by atoms with E-state index >= 15 is 0 Å². The molecule has 4 rings (SSSR count). The fraction of sp³-hybridized carbons (Fsp3) is 0.550. The topological polar surface area (TPSA) is 62.5 Å². The van der Waals surface area contributed by atoms with Crippen LogP contribution in [0, 0.1) is 19.3 Å². The average molecular weight is 354 g/mol. The Morgan fingerprint density at radius 3 is 2.65 bits per heavy atom. The van der Waals surface area contributed by atoms with Crippen LogP contribution in [0.1, 0.15) is 42.0 Å². The summed E-state index contributed by atoms with van der Waals surface area (Å²) >= 11 is 0. The molecule has 0 atom stereocenters. The van der Waals surface area contributed by atoms with E-state index in [9.17, 15) is 4.79 Å². The maximum Gasteiger partial charge on any atom is 0.223 e. The molecule has 0 bridgehead atoms. The van der Waals surface area contributed by atoms with Gasteiger partial charge >= 0.3 is 0 Å². The summed E-state index contributed by atoms with van der Waals surface area (Å²) in [6.07, 6.45) is 4.67. The zero-order valence-corrected chi connectivity index (χ0v) is 15.6. The van der Waals surface area contributed by atoms with Crippen molar-refractivity contribution in [3.05, 3.63) is 47.1 Å². The third-order valence-electron chi connectivity index (χ3n) is 5.96. The second kappa shape index (κ2) is 6.83. The van der Waals surface area contributed by atoms with Crippen LogP contribution in [0.3, 0.4) is 0 Å². The van der Waals surface area contributed by atoms with E-state index in [1.54, 1.807) is 0 Å². The molecule has 2 aromatic rings. The number of amides is 1. The van der Waals surface area contributed by atoms with Gasteiger partial charge in [-0.2, -0.15) is 0 Å². The first-order valence-electron chi connectivity index (χ1n) is 9.36. The summed E-state index contributed by atoms with van der Waals surface area (Å²) in [5.74, 6) is 1.09. The number of nitrogens with zero attached hydrogens (tertiary/aromatic N) is 4. The fourth-order valence-electron chi connectivity index (χ4n) is 4.29. The zero-order chi connectivity index (χ0) is 18.1. The highest BCUT2D eigenvalue weighted by atomic mass is 16.5. The van der Waals surface area contributed by atoms with Gasteiger partial charge in [-0.1, -0.05) is 11.2 Å². The van der Waals surface area contributed by atoms with E-state index in [4.69, 9.17) is 4.52 Å². The van der Waals surface area contributed by atoms with Crippen molar-refractivity contribution in [2.75, 3.05) is 19.6 Å². The second-order valence-corrected chi connectivity index (χ2v) is 7.83. The number of piperidine rings is 1. The van der Waals surface area contributed by atoms with Crippen molar-refractivity contribution in [3.63, 3.8) is 0 Å². The number of rotatable bonds is 4. The normalized spacial score (nSPS) is 20.2. The van der Waals surface area contributed by atoms with Crippen LogP contribution in [-0.4, -0.2) is 45.5 Å². The number of aromatic nitrogens is 2. The third-order valence-corrected chi connectivity index (χ3v) is 5.96. The maximum absolute atomic E-state index is 12.6. The molecule has 6 nitrogen and oxygen atoms in total. The smallest absolute Gasteiger partial charge is 0.223 e. The summed E-state index contributed by atoms with van der Waals surface area (Å²) in [5.41, 5.74) is 3.20. The quantitative estimate of drug-likeness (QED) is 0.845. The first-order chi connectivity index (χ1) is 12.5. The molecule has 0 aromatic carbocycles. The molecule has 0 unspecified atom stereocenters. The van der Waals surface area contributed by atoms with Crippen molar-refractivity contribution in [2.24, 2.45) is 5.41 Å². The lowest BCUT2D eigenvalue weighted by Gasteiger charge is -2.38. The minimum Gasteiger partial charge on any atom is -0.361 e. The van der Waals surface area contributed by atoms with E-state index < -0.39 is 0 Å². The molecule has 138 valence electrons. The first-order valence-corrected chi connectivity index (χ1v) is 9.36. The van der Waals surface area contributed by atoms with Crippen molar-refractivity contribution in [1.82, 2.24) is 19.9 Å². The molecule has 26 heavy (non-hydrogen) atoms. The van der Waals surface area contributed by atoms with Crippen molar-refractivity contribution in [3.8, 4) is 0 Å². The summed E-state index contributed by atoms with van der Waals surface area (Å²) in [6, 6.07) is 6.07. The molecule has 1 amide bonds. The van der Waals surface area contributed by atoms with Gasteiger partial charge in [0.25, 0.3) is 0 Å². The van der Waals surface area contributed by atoms with Crippen molar-refractivity contribution >= 4 is 5.91 Å². The van der Waals surface area contributed by atoms with Crippen molar-refractivity contribution in [2.45, 2.75) is 46.2 Å². The Balaban J connectivity index is 1.36. The SMILES string of the molecule is Cc1noc(C)c1CN1CC2(CCN(Cc3ccccn3)CC2)CC1=O. The Morgan fingerprint density at radius 2 is 2.00 bits per heavy atom. The maximum atomic E-state index is 12.6. The van der Waals surface area contributed by atoms with Gasteiger partial charge in [0.05, 0.1) is 17.9 Å². The summed E-state index contributed by atoms with van der Waals surface area (Å²) < 4.78 is 5.25. The molecule has 0 N–H and O–H groups in total. The highest BCUT2D eigenvalue weighted by Gasteiger charge is 2.45. The summed E-state index contributed by atoms with van der Waals surface area (Å²) in [4.78, 5) is 21.5. The number of aryl methyl sites for hydroxylation is 2. The molecule has 0 radical (unpaired) electrons. The van der Waals surface area contributed by atoms with E-state index in [0.29, 0.717) is 13.0 Å². The summed E-state index contributed by atoms with van der Waals surface area (Å²) in [6.45, 7) is 8.30. The van der Waals surface area contributed by atoms with Gasteiger partial charge in [0, 0.05) is 31.3 Å². The highest BCUT2D eigenvalue weighted by Crippen LogP contribution is 2.41. The zero-order valence-electron chi connectivity index (χ0n) is 15.6. The van der Waals surface area contributed by atoms with Crippen LogP contribution in [-0.2, 0) is 17.9 Å². The van der Waals surface area contributed by atoms with Crippen LogP contribution in [0.25, 0.3) is 0 Å². The van der Waals surface area contributed by atoms with Gasteiger partial charge in [-0.3, -0.25) is 14.7 Å². The molecule has 1 spiro atoms. The number of pyridine rings is 1. The first kappa shape index (κ1) is 17.2. The van der Waals surface area contributed by atoms with Crippen LogP contribution in [0.5, 0.6) is 0 Å². The lowest BCUT2D eigenvalue weighted by molar-refractivity contribution is -0.128. The molecule has 4 heterocycles. The van der Waals surface area contributed by atoms with Gasteiger partial charge in [-0.15, -0.1) is 0 Å². The number of carbonyl (C=O) groups is 1.